The predicted octanol–water partition coefficient (Wildman–Crippen LogP) is 4.94. The first kappa shape index (κ1) is 27.3. The molecule has 1 atom stereocenters. The van der Waals surface area contributed by atoms with Gasteiger partial charge in [-0.3, -0.25) is 9.59 Å². The number of hydrogen-bond acceptors (Lipinski definition) is 9. The summed E-state index contributed by atoms with van der Waals surface area (Å²) in [4.78, 5) is 28.9. The molecule has 4 heterocycles. The lowest BCUT2D eigenvalue weighted by molar-refractivity contribution is -0.113. The molecule has 0 aliphatic carbocycles. The van der Waals surface area contributed by atoms with Crippen molar-refractivity contribution in [1.29, 1.82) is 0 Å². The maximum absolute atomic E-state index is 14.2. The smallest absolute Gasteiger partial charge is 0.268 e. The topological polar surface area (TPSA) is 109 Å². The highest BCUT2D eigenvalue weighted by Gasteiger charge is 2.30. The maximum Gasteiger partial charge on any atom is 0.268 e. The first-order chi connectivity index (χ1) is 19.9. The van der Waals surface area contributed by atoms with Gasteiger partial charge in [-0.25, -0.2) is 8.97 Å². The lowest BCUT2D eigenvalue weighted by Crippen LogP contribution is -2.28. The molecule has 0 saturated carbocycles. The Morgan fingerprint density at radius 3 is 2.66 bits per heavy atom. The molecule has 0 saturated heterocycles. The number of ether oxygens (including phenoxy) is 3. The SMILES string of the molecule is COc1ccc(-n2c(=O)c3c4c(sc3n3c(SCC(=O)Nc5ccccc5OC)nnc23)CO[C@@H](C(C)C)C4)cc1. The Morgan fingerprint density at radius 2 is 1.93 bits per heavy atom. The summed E-state index contributed by atoms with van der Waals surface area (Å²) in [7, 11) is 3.16. The fraction of sp³-hybridized carbons (Fsp3) is 0.310. The lowest BCUT2D eigenvalue weighted by Gasteiger charge is -2.26. The molecular weight excluding hydrogens is 562 g/mol. The van der Waals surface area contributed by atoms with E-state index < -0.39 is 0 Å². The van der Waals surface area contributed by atoms with Crippen LogP contribution in [0.25, 0.3) is 21.7 Å². The molecule has 1 aliphatic heterocycles. The van der Waals surface area contributed by atoms with Gasteiger partial charge in [0, 0.05) is 11.3 Å². The third-order valence-corrected chi connectivity index (χ3v) is 9.25. The second kappa shape index (κ2) is 11.2. The standard InChI is InChI=1S/C29H29N5O5S2/c1-16(2)22-13-19-23(14-39-22)41-27-25(19)26(36)33(17-9-11-18(37-3)12-10-17)28-31-32-29(34(27)28)40-15-24(35)30-20-7-5-6-8-21(20)38-4/h5-12,16,22H,13-15H2,1-4H3,(H,30,35)/t22-/m1/s1. The molecule has 0 bridgehead atoms. The third-order valence-electron chi connectivity index (χ3n) is 7.13. The minimum Gasteiger partial charge on any atom is -0.497 e. The molecule has 0 spiro atoms. The number of fused-ring (bicyclic) bond motifs is 5. The number of hydrogen-bond donors (Lipinski definition) is 1. The monoisotopic (exact) mass is 591 g/mol. The van der Waals surface area contributed by atoms with Gasteiger partial charge >= 0.3 is 0 Å². The van der Waals surface area contributed by atoms with Gasteiger partial charge in [0.1, 0.15) is 16.3 Å². The molecular formula is C29H29N5O5S2. The maximum atomic E-state index is 14.2. The van der Waals surface area contributed by atoms with Gasteiger partial charge in [-0.15, -0.1) is 21.5 Å². The highest BCUT2D eigenvalue weighted by molar-refractivity contribution is 7.99. The fourth-order valence-corrected chi connectivity index (χ4v) is 7.02. The van der Waals surface area contributed by atoms with Crippen LogP contribution >= 0.6 is 23.1 Å². The van der Waals surface area contributed by atoms with Gasteiger partial charge in [-0.05, 0) is 47.9 Å². The van der Waals surface area contributed by atoms with E-state index in [0.29, 0.717) is 58.1 Å². The van der Waals surface area contributed by atoms with Crippen molar-refractivity contribution >= 4 is 50.7 Å². The summed E-state index contributed by atoms with van der Waals surface area (Å²) in [5, 5.41) is 12.9. The Balaban J connectivity index is 1.45. The Labute approximate surface area is 244 Å². The van der Waals surface area contributed by atoms with E-state index in [2.05, 4.69) is 29.4 Å². The van der Waals surface area contributed by atoms with Gasteiger partial charge in [-0.2, -0.15) is 0 Å². The van der Waals surface area contributed by atoms with Gasteiger partial charge in [0.05, 0.1) is 49.4 Å². The normalized spacial score (nSPS) is 14.9. The highest BCUT2D eigenvalue weighted by atomic mass is 32.2. The van der Waals surface area contributed by atoms with Crippen LogP contribution < -0.4 is 20.3 Å². The van der Waals surface area contributed by atoms with Crippen LogP contribution in [0.2, 0.25) is 0 Å². The molecule has 3 aromatic heterocycles. The molecule has 1 N–H and O–H groups in total. The Bertz CT molecular complexity index is 1810. The number of amides is 1. The molecule has 0 fully saturated rings. The molecule has 12 heteroatoms. The number of para-hydroxylation sites is 2. The van der Waals surface area contributed by atoms with Crippen molar-refractivity contribution < 1.29 is 19.0 Å². The number of aromatic nitrogens is 4. The zero-order valence-corrected chi connectivity index (χ0v) is 24.7. The van der Waals surface area contributed by atoms with Crippen LogP contribution in [0, 0.1) is 5.92 Å². The van der Waals surface area contributed by atoms with E-state index in [4.69, 9.17) is 14.2 Å². The molecule has 10 nitrogen and oxygen atoms in total. The van der Waals surface area contributed by atoms with E-state index in [1.807, 2.05) is 40.8 Å². The fourth-order valence-electron chi connectivity index (χ4n) is 4.99. The highest BCUT2D eigenvalue weighted by Crippen LogP contribution is 2.37. The molecule has 2 aromatic carbocycles. The second-order valence-corrected chi connectivity index (χ2v) is 12.0. The number of nitrogens with one attached hydrogen (secondary N) is 1. The van der Waals surface area contributed by atoms with Crippen LogP contribution in [0.3, 0.4) is 0 Å². The minimum absolute atomic E-state index is 0.0262. The average molecular weight is 592 g/mol. The summed E-state index contributed by atoms with van der Waals surface area (Å²) >= 11 is 2.78. The van der Waals surface area contributed by atoms with Crippen molar-refractivity contribution in [3.8, 4) is 17.2 Å². The Hall–Kier alpha value is -3.87. The number of nitrogens with zero attached hydrogens (tertiary/aromatic N) is 4. The number of rotatable bonds is 8. The Kier molecular flexibility index (Phi) is 7.45. The molecule has 212 valence electrons. The first-order valence-corrected chi connectivity index (χ1v) is 15.0. The van der Waals surface area contributed by atoms with Crippen LogP contribution in [0.1, 0.15) is 24.3 Å². The van der Waals surface area contributed by atoms with E-state index in [0.717, 1.165) is 15.3 Å². The molecule has 0 radical (unpaired) electrons. The number of thioether (sulfide) groups is 1. The van der Waals surface area contributed by atoms with Gasteiger partial charge in [0.15, 0.2) is 5.16 Å². The van der Waals surface area contributed by atoms with E-state index >= 15 is 0 Å². The van der Waals surface area contributed by atoms with Crippen molar-refractivity contribution in [2.24, 2.45) is 5.92 Å². The number of benzene rings is 2. The Morgan fingerprint density at radius 1 is 1.15 bits per heavy atom. The summed E-state index contributed by atoms with van der Waals surface area (Å²) in [6, 6.07) is 14.5. The number of thiophene rings is 1. The molecule has 6 rings (SSSR count). The zero-order valence-electron chi connectivity index (χ0n) is 23.0. The largest absolute Gasteiger partial charge is 0.497 e. The van der Waals surface area contributed by atoms with Crippen LogP contribution in [-0.2, 0) is 22.6 Å². The predicted molar refractivity (Wildman–Crippen MR) is 160 cm³/mol. The molecule has 41 heavy (non-hydrogen) atoms. The van der Waals surface area contributed by atoms with Gasteiger partial charge in [0.2, 0.25) is 11.7 Å². The first-order valence-electron chi connectivity index (χ1n) is 13.2. The molecule has 1 aliphatic rings. The van der Waals surface area contributed by atoms with Crippen molar-refractivity contribution in [3.05, 3.63) is 69.3 Å². The van der Waals surface area contributed by atoms with Gasteiger partial charge < -0.3 is 19.5 Å². The van der Waals surface area contributed by atoms with E-state index in [1.165, 1.54) is 23.1 Å². The van der Waals surface area contributed by atoms with Crippen molar-refractivity contribution in [2.45, 2.75) is 38.1 Å². The third kappa shape index (κ3) is 4.96. The summed E-state index contributed by atoms with van der Waals surface area (Å²) in [6.45, 7) is 4.71. The van der Waals surface area contributed by atoms with Crippen molar-refractivity contribution in [1.82, 2.24) is 19.2 Å². The average Bonchev–Trinajstić information content (AvgIpc) is 3.58. The number of carbonyl (C=O) groups excluding carboxylic acids is 1. The summed E-state index contributed by atoms with van der Waals surface area (Å²) in [5.74, 6) is 1.83. The molecule has 0 unspecified atom stereocenters. The van der Waals surface area contributed by atoms with Crippen molar-refractivity contribution in [3.63, 3.8) is 0 Å². The minimum atomic E-state index is -0.213. The summed E-state index contributed by atoms with van der Waals surface area (Å²) in [6.07, 6.45) is 0.681. The van der Waals surface area contributed by atoms with E-state index in [9.17, 15) is 9.59 Å². The lowest BCUT2D eigenvalue weighted by atomic mass is 9.96. The number of methoxy groups -OCH3 is 2. The van der Waals surface area contributed by atoms with Crippen LogP contribution in [0.15, 0.2) is 58.5 Å². The van der Waals surface area contributed by atoms with Gasteiger partial charge in [-0.1, -0.05) is 37.7 Å². The van der Waals surface area contributed by atoms with Crippen LogP contribution in [0.4, 0.5) is 5.69 Å². The van der Waals surface area contributed by atoms with E-state index in [1.54, 1.807) is 30.9 Å². The number of carbonyl (C=O) groups is 1. The van der Waals surface area contributed by atoms with Gasteiger partial charge in [0.25, 0.3) is 5.56 Å². The zero-order chi connectivity index (χ0) is 28.7. The molecule has 5 aromatic rings. The van der Waals surface area contributed by atoms with Crippen molar-refractivity contribution in [2.75, 3.05) is 25.3 Å². The van der Waals surface area contributed by atoms with Crippen LogP contribution in [0.5, 0.6) is 11.5 Å². The molecule has 1 amide bonds. The number of anilines is 1. The summed E-state index contributed by atoms with van der Waals surface area (Å²) < 4.78 is 20.3. The van der Waals surface area contributed by atoms with Crippen LogP contribution in [-0.4, -0.2) is 51.1 Å². The second-order valence-electron chi connectivity index (χ2n) is 9.98. The van der Waals surface area contributed by atoms with E-state index in [-0.39, 0.29) is 23.3 Å². The summed E-state index contributed by atoms with van der Waals surface area (Å²) in [5.41, 5.74) is 2.10. The quantitative estimate of drug-likeness (QED) is 0.253.